The Labute approximate surface area is 228 Å². The summed E-state index contributed by atoms with van der Waals surface area (Å²) in [6, 6.07) is 17.9. The third kappa shape index (κ3) is 6.06. The number of imide groups is 1. The van der Waals surface area contributed by atoms with Crippen LogP contribution in [0, 0.1) is 0 Å². The van der Waals surface area contributed by atoms with Crippen molar-refractivity contribution in [3.8, 4) is 0 Å². The van der Waals surface area contributed by atoms with E-state index >= 15 is 0 Å². The van der Waals surface area contributed by atoms with Crippen LogP contribution in [0.25, 0.3) is 16.8 Å². The van der Waals surface area contributed by atoms with Gasteiger partial charge < -0.3 is 10.2 Å². The van der Waals surface area contributed by atoms with E-state index in [2.05, 4.69) is 30.3 Å². The van der Waals surface area contributed by atoms with Gasteiger partial charge in [-0.3, -0.25) is 19.9 Å². The Balaban J connectivity index is 1.34. The van der Waals surface area contributed by atoms with Crippen molar-refractivity contribution in [2.24, 2.45) is 0 Å². The van der Waals surface area contributed by atoms with Crippen LogP contribution < -0.4 is 20.3 Å². The smallest absolute Gasteiger partial charge is 0.290 e. The molecular weight excluding hydrogens is 538 g/mol. The standard InChI is InChI=1S/C26H23N7O4S2/c1-33(19-7-3-2-4-8-19)23-15-18(14-21-24(34)32-26(35)38-21)30-25(31-23)28-12-13-29-39(36,37)22-9-5-6-17-16-27-11-10-20(17)22/h2-11,14-16,29H,12-13H2,1H3,(H,28,30,31)(H,32,34,35). The van der Waals surface area contributed by atoms with Crippen LogP contribution in [-0.2, 0) is 14.8 Å². The number of nitrogens with zero attached hydrogens (tertiary/aromatic N) is 4. The number of anilines is 3. The van der Waals surface area contributed by atoms with Gasteiger partial charge in [0.25, 0.3) is 11.1 Å². The zero-order valence-electron chi connectivity index (χ0n) is 20.7. The highest BCUT2D eigenvalue weighted by atomic mass is 32.2. The molecule has 3 N–H and O–H groups in total. The fraction of sp³-hybridized carbons (Fsp3) is 0.115. The van der Waals surface area contributed by atoms with Gasteiger partial charge in [-0.05, 0) is 42.1 Å². The minimum atomic E-state index is -3.79. The molecular formula is C26H23N7O4S2. The van der Waals surface area contributed by atoms with Crippen molar-refractivity contribution in [2.75, 3.05) is 30.4 Å². The molecule has 39 heavy (non-hydrogen) atoms. The molecule has 0 spiro atoms. The number of aromatic nitrogens is 3. The van der Waals surface area contributed by atoms with E-state index in [9.17, 15) is 18.0 Å². The molecule has 2 amide bonds. The molecule has 0 radical (unpaired) electrons. The van der Waals surface area contributed by atoms with Gasteiger partial charge in [0.2, 0.25) is 16.0 Å². The number of hydrogen-bond donors (Lipinski definition) is 3. The van der Waals surface area contributed by atoms with Crippen molar-refractivity contribution >= 4 is 67.2 Å². The van der Waals surface area contributed by atoms with Crippen molar-refractivity contribution < 1.29 is 18.0 Å². The Morgan fingerprint density at radius 1 is 1.03 bits per heavy atom. The Morgan fingerprint density at radius 3 is 2.62 bits per heavy atom. The van der Waals surface area contributed by atoms with Gasteiger partial charge in [0.15, 0.2) is 0 Å². The number of carbonyl (C=O) groups excluding carboxylic acids is 2. The third-order valence-corrected chi connectivity index (χ3v) is 8.10. The highest BCUT2D eigenvalue weighted by Crippen LogP contribution is 2.28. The van der Waals surface area contributed by atoms with Crippen molar-refractivity contribution in [1.82, 2.24) is 25.0 Å². The SMILES string of the molecule is CN(c1ccccc1)c1cc(C=C2SC(=O)NC2=O)nc(NCCNS(=O)(=O)c2cccc3cnccc23)n1. The summed E-state index contributed by atoms with van der Waals surface area (Å²) in [7, 11) is -1.95. The van der Waals surface area contributed by atoms with E-state index in [4.69, 9.17) is 0 Å². The molecule has 5 rings (SSSR count). The molecule has 3 heterocycles. The van der Waals surface area contributed by atoms with Crippen LogP contribution >= 0.6 is 11.8 Å². The minimum absolute atomic E-state index is 0.0646. The van der Waals surface area contributed by atoms with Crippen molar-refractivity contribution in [3.63, 3.8) is 0 Å². The summed E-state index contributed by atoms with van der Waals surface area (Å²) in [5, 5.41) is 6.13. The number of benzene rings is 2. The maximum Gasteiger partial charge on any atom is 0.290 e. The van der Waals surface area contributed by atoms with Gasteiger partial charge in [-0.2, -0.15) is 4.98 Å². The molecule has 198 valence electrons. The van der Waals surface area contributed by atoms with Crippen molar-refractivity contribution in [3.05, 3.63) is 83.7 Å². The van der Waals surface area contributed by atoms with Crippen molar-refractivity contribution in [1.29, 1.82) is 0 Å². The Kier molecular flexibility index (Phi) is 7.54. The fourth-order valence-electron chi connectivity index (χ4n) is 3.88. The average Bonchev–Trinajstić information content (AvgIpc) is 3.26. The quantitative estimate of drug-likeness (QED) is 0.205. The summed E-state index contributed by atoms with van der Waals surface area (Å²) >= 11 is 0.794. The molecule has 13 heteroatoms. The number of carbonyl (C=O) groups is 2. The number of hydrogen-bond acceptors (Lipinski definition) is 10. The number of nitrogens with one attached hydrogen (secondary N) is 3. The van der Waals surface area contributed by atoms with Gasteiger partial charge in [-0.15, -0.1) is 0 Å². The lowest BCUT2D eigenvalue weighted by Crippen LogP contribution is -2.29. The van der Waals surface area contributed by atoms with Crippen LogP contribution in [0.4, 0.5) is 22.2 Å². The molecule has 1 saturated heterocycles. The van der Waals surface area contributed by atoms with Crippen LogP contribution in [0.15, 0.2) is 82.9 Å². The highest BCUT2D eigenvalue weighted by Gasteiger charge is 2.25. The summed E-state index contributed by atoms with van der Waals surface area (Å²) in [4.78, 5) is 38.9. The Bertz CT molecular complexity index is 1690. The van der Waals surface area contributed by atoms with Gasteiger partial charge >= 0.3 is 0 Å². The topological polar surface area (TPSA) is 146 Å². The lowest BCUT2D eigenvalue weighted by Gasteiger charge is -2.19. The molecule has 2 aromatic heterocycles. The van der Waals surface area contributed by atoms with Crippen LogP contribution in [0.5, 0.6) is 0 Å². The predicted octanol–water partition coefficient (Wildman–Crippen LogP) is 3.51. The molecule has 0 aliphatic carbocycles. The van der Waals surface area contributed by atoms with Gasteiger partial charge in [0.1, 0.15) is 5.82 Å². The lowest BCUT2D eigenvalue weighted by molar-refractivity contribution is -0.115. The van der Waals surface area contributed by atoms with E-state index in [1.807, 2.05) is 42.3 Å². The second kappa shape index (κ2) is 11.2. The number of sulfonamides is 1. The molecule has 0 atom stereocenters. The molecule has 11 nitrogen and oxygen atoms in total. The summed E-state index contributed by atoms with van der Waals surface area (Å²) in [6.07, 6.45) is 4.68. The molecule has 1 fully saturated rings. The molecule has 0 unspecified atom stereocenters. The van der Waals surface area contributed by atoms with Gasteiger partial charge in [0, 0.05) is 55.1 Å². The third-order valence-electron chi connectivity index (χ3n) is 5.77. The summed E-state index contributed by atoms with van der Waals surface area (Å²) in [6.45, 7) is 0.253. The zero-order valence-corrected chi connectivity index (χ0v) is 22.3. The number of fused-ring (bicyclic) bond motifs is 1. The minimum Gasteiger partial charge on any atom is -0.353 e. The monoisotopic (exact) mass is 561 g/mol. The van der Waals surface area contributed by atoms with E-state index in [0.29, 0.717) is 16.9 Å². The second-order valence-electron chi connectivity index (χ2n) is 8.40. The summed E-state index contributed by atoms with van der Waals surface area (Å²) in [5.74, 6) is 0.271. The first-order chi connectivity index (χ1) is 18.8. The second-order valence-corrected chi connectivity index (χ2v) is 11.1. The van der Waals surface area contributed by atoms with Gasteiger partial charge in [-0.1, -0.05) is 30.3 Å². The number of amides is 2. The molecule has 4 aromatic rings. The van der Waals surface area contributed by atoms with E-state index in [-0.39, 0.29) is 28.8 Å². The van der Waals surface area contributed by atoms with E-state index < -0.39 is 21.2 Å². The van der Waals surface area contributed by atoms with Gasteiger partial charge in [-0.25, -0.2) is 18.1 Å². The molecule has 1 aliphatic rings. The van der Waals surface area contributed by atoms with Crippen LogP contribution in [-0.4, -0.2) is 54.7 Å². The fourth-order valence-corrected chi connectivity index (χ4v) is 5.81. The first-order valence-corrected chi connectivity index (χ1v) is 14.1. The van der Waals surface area contributed by atoms with Crippen LogP contribution in [0.2, 0.25) is 0 Å². The highest BCUT2D eigenvalue weighted by molar-refractivity contribution is 8.18. The lowest BCUT2D eigenvalue weighted by atomic mass is 10.2. The van der Waals surface area contributed by atoms with E-state index in [1.54, 1.807) is 42.7 Å². The van der Waals surface area contributed by atoms with Crippen LogP contribution in [0.1, 0.15) is 5.69 Å². The normalized spacial score (nSPS) is 14.5. The van der Waals surface area contributed by atoms with E-state index in [1.165, 1.54) is 6.08 Å². The Hall–Kier alpha value is -4.33. The summed E-state index contributed by atoms with van der Waals surface area (Å²) < 4.78 is 28.6. The first kappa shape index (κ1) is 26.3. The zero-order chi connectivity index (χ0) is 27.4. The average molecular weight is 562 g/mol. The largest absolute Gasteiger partial charge is 0.353 e. The van der Waals surface area contributed by atoms with Gasteiger partial charge in [0.05, 0.1) is 15.5 Å². The first-order valence-electron chi connectivity index (χ1n) is 11.8. The molecule has 0 bridgehead atoms. The molecule has 0 saturated carbocycles. The molecule has 1 aliphatic heterocycles. The van der Waals surface area contributed by atoms with Crippen molar-refractivity contribution in [2.45, 2.75) is 4.90 Å². The maximum absolute atomic E-state index is 13.0. The molecule has 2 aromatic carbocycles. The maximum atomic E-state index is 13.0. The number of rotatable bonds is 9. The number of para-hydroxylation sites is 1. The van der Waals surface area contributed by atoms with E-state index in [0.717, 1.165) is 22.8 Å². The predicted molar refractivity (Wildman–Crippen MR) is 151 cm³/mol. The summed E-state index contributed by atoms with van der Waals surface area (Å²) in [5.41, 5.74) is 1.28. The number of pyridine rings is 1. The number of thioether (sulfide) groups is 1. The van der Waals surface area contributed by atoms with Crippen LogP contribution in [0.3, 0.4) is 0 Å². The Morgan fingerprint density at radius 2 is 1.85 bits per heavy atom.